The van der Waals surface area contributed by atoms with Crippen LogP contribution < -0.4 is 23.7 Å². The first-order valence-electron chi connectivity index (χ1n) is 21.8. The van der Waals surface area contributed by atoms with Crippen molar-refractivity contribution in [2.24, 2.45) is 0 Å². The van der Waals surface area contributed by atoms with Gasteiger partial charge in [-0.25, -0.2) is 24.0 Å². The fourth-order valence-corrected chi connectivity index (χ4v) is 6.36. The van der Waals surface area contributed by atoms with Gasteiger partial charge in [0.1, 0.15) is 28.7 Å². The SMILES string of the molecule is CCCCCCCCOC(=O)c1ccc(OC(=O)c2ccc(OC(=O)c3ccc(C)c(OC(=O)c4ccc(OC(=O)c5ccc(OCCCCCCCC)cc5)cc4)c3)cc2)cc1. The third-order valence-corrected chi connectivity index (χ3v) is 10.1. The Morgan fingerprint density at radius 1 is 0.365 bits per heavy atom. The second-order valence-corrected chi connectivity index (χ2v) is 15.2. The van der Waals surface area contributed by atoms with Gasteiger partial charge in [-0.05, 0) is 135 Å². The minimum Gasteiger partial charge on any atom is -0.494 e. The van der Waals surface area contributed by atoms with Crippen LogP contribution in [0.15, 0.2) is 115 Å². The summed E-state index contributed by atoms with van der Waals surface area (Å²) in [5.41, 5.74) is 1.85. The summed E-state index contributed by atoms with van der Waals surface area (Å²) in [6, 6.07) is 29.2. The largest absolute Gasteiger partial charge is 0.494 e. The highest BCUT2D eigenvalue weighted by molar-refractivity contribution is 5.95. The third-order valence-electron chi connectivity index (χ3n) is 10.1. The van der Waals surface area contributed by atoms with Gasteiger partial charge in [-0.1, -0.05) is 84.1 Å². The van der Waals surface area contributed by atoms with Crippen LogP contribution in [-0.4, -0.2) is 43.1 Å². The number of rotatable bonds is 24. The molecule has 0 aliphatic heterocycles. The van der Waals surface area contributed by atoms with Gasteiger partial charge in [0, 0.05) is 0 Å². The molecule has 0 radical (unpaired) electrons. The molecule has 0 bridgehead atoms. The van der Waals surface area contributed by atoms with Crippen molar-refractivity contribution < 1.29 is 52.4 Å². The normalized spacial score (nSPS) is 10.7. The summed E-state index contributed by atoms with van der Waals surface area (Å²) in [4.78, 5) is 64.1. The fourth-order valence-electron chi connectivity index (χ4n) is 6.36. The van der Waals surface area contributed by atoms with Gasteiger partial charge in [0.15, 0.2) is 0 Å². The number of benzene rings is 5. The number of carbonyl (C=O) groups is 5. The highest BCUT2D eigenvalue weighted by atomic mass is 16.6. The maximum atomic E-state index is 13.1. The molecular formula is C52H56O11. The van der Waals surface area contributed by atoms with Crippen LogP contribution >= 0.6 is 0 Å². The van der Waals surface area contributed by atoms with Gasteiger partial charge in [0.2, 0.25) is 0 Å². The zero-order valence-electron chi connectivity index (χ0n) is 36.4. The lowest BCUT2D eigenvalue weighted by atomic mass is 10.1. The van der Waals surface area contributed by atoms with Crippen LogP contribution in [0.1, 0.15) is 148 Å². The van der Waals surface area contributed by atoms with Gasteiger partial charge in [-0.15, -0.1) is 0 Å². The highest BCUT2D eigenvalue weighted by Gasteiger charge is 2.17. The lowest BCUT2D eigenvalue weighted by Crippen LogP contribution is -2.13. The third kappa shape index (κ3) is 15.6. The second-order valence-electron chi connectivity index (χ2n) is 15.2. The van der Waals surface area contributed by atoms with Crippen molar-refractivity contribution in [2.75, 3.05) is 13.2 Å². The molecule has 0 N–H and O–H groups in total. The number of hydrogen-bond acceptors (Lipinski definition) is 11. The molecule has 0 spiro atoms. The highest BCUT2D eigenvalue weighted by Crippen LogP contribution is 2.25. The first kappa shape index (κ1) is 47.3. The van der Waals surface area contributed by atoms with Gasteiger partial charge in [-0.3, -0.25) is 0 Å². The molecule has 0 atom stereocenters. The number of hydrogen-bond donors (Lipinski definition) is 0. The molecule has 0 saturated carbocycles. The maximum Gasteiger partial charge on any atom is 0.343 e. The van der Waals surface area contributed by atoms with Crippen molar-refractivity contribution in [1.29, 1.82) is 0 Å². The number of carbonyl (C=O) groups excluding carboxylic acids is 5. The lowest BCUT2D eigenvalue weighted by Gasteiger charge is -2.11. The predicted octanol–water partition coefficient (Wildman–Crippen LogP) is 12.1. The van der Waals surface area contributed by atoms with Crippen LogP contribution in [0.4, 0.5) is 0 Å². The summed E-state index contributed by atoms with van der Waals surface area (Å²) < 4.78 is 33.3. The van der Waals surface area contributed by atoms with Crippen molar-refractivity contribution in [1.82, 2.24) is 0 Å². The van der Waals surface area contributed by atoms with Crippen molar-refractivity contribution in [2.45, 2.75) is 97.8 Å². The summed E-state index contributed by atoms with van der Waals surface area (Å²) in [5.74, 6) is -1.51. The molecule has 0 heterocycles. The van der Waals surface area contributed by atoms with Gasteiger partial charge in [0.05, 0.1) is 41.0 Å². The Balaban J connectivity index is 1.06. The van der Waals surface area contributed by atoms with Gasteiger partial charge in [-0.2, -0.15) is 0 Å². The Kier molecular flexibility index (Phi) is 19.0. The van der Waals surface area contributed by atoms with E-state index in [-0.39, 0.29) is 39.7 Å². The minimum absolute atomic E-state index is 0.126. The van der Waals surface area contributed by atoms with Crippen LogP contribution in [-0.2, 0) is 4.74 Å². The van der Waals surface area contributed by atoms with Crippen LogP contribution in [0.5, 0.6) is 28.7 Å². The number of aryl methyl sites for hydroxylation is 1. The summed E-state index contributed by atoms with van der Waals surface area (Å²) in [6.45, 7) is 7.08. The first-order chi connectivity index (χ1) is 30.6. The van der Waals surface area contributed by atoms with E-state index < -0.39 is 29.8 Å². The van der Waals surface area contributed by atoms with Crippen LogP contribution in [0.3, 0.4) is 0 Å². The molecule has 63 heavy (non-hydrogen) atoms. The molecule has 0 saturated heterocycles. The Labute approximate surface area is 369 Å². The van der Waals surface area contributed by atoms with Crippen molar-refractivity contribution in [3.63, 3.8) is 0 Å². The molecule has 330 valence electrons. The predicted molar refractivity (Wildman–Crippen MR) is 239 cm³/mol. The van der Waals surface area contributed by atoms with E-state index in [9.17, 15) is 24.0 Å². The van der Waals surface area contributed by atoms with E-state index in [2.05, 4.69) is 13.8 Å². The molecule has 11 heteroatoms. The first-order valence-corrected chi connectivity index (χ1v) is 21.8. The van der Waals surface area contributed by atoms with E-state index in [1.165, 1.54) is 112 Å². The van der Waals surface area contributed by atoms with Crippen molar-refractivity contribution in [3.05, 3.63) is 149 Å². The molecule has 0 amide bonds. The smallest absolute Gasteiger partial charge is 0.343 e. The monoisotopic (exact) mass is 856 g/mol. The topological polar surface area (TPSA) is 141 Å². The number of ether oxygens (including phenoxy) is 6. The fraction of sp³-hybridized carbons (Fsp3) is 0.327. The van der Waals surface area contributed by atoms with E-state index in [0.717, 1.165) is 32.1 Å². The standard InChI is InChI=1S/C52H56O11/c1-4-6-8-10-12-14-34-58-43-26-18-39(19-27-43)49(54)61-45-32-24-41(25-33-45)51(56)63-47-36-42(17-16-37(47)3)52(57)62-46-30-22-40(23-31-46)50(55)60-44-28-20-38(21-29-44)48(53)59-35-15-13-11-9-7-5-2/h16-33,36H,4-15,34-35H2,1-3H3. The van der Waals surface area contributed by atoms with E-state index in [4.69, 9.17) is 28.4 Å². The summed E-state index contributed by atoms with van der Waals surface area (Å²) >= 11 is 0. The van der Waals surface area contributed by atoms with Crippen molar-refractivity contribution in [3.8, 4) is 28.7 Å². The summed E-state index contributed by atoms with van der Waals surface area (Å²) in [7, 11) is 0. The van der Waals surface area contributed by atoms with Gasteiger partial charge < -0.3 is 28.4 Å². The molecular weight excluding hydrogens is 801 g/mol. The molecule has 5 rings (SSSR count). The molecule has 0 aliphatic carbocycles. The van der Waals surface area contributed by atoms with E-state index in [1.807, 2.05) is 0 Å². The average molecular weight is 857 g/mol. The van der Waals surface area contributed by atoms with Gasteiger partial charge >= 0.3 is 29.8 Å². The van der Waals surface area contributed by atoms with Crippen LogP contribution in [0.2, 0.25) is 0 Å². The molecule has 0 aromatic heterocycles. The Hall–Kier alpha value is -6.75. The number of esters is 5. The molecule has 0 aliphatic rings. The van der Waals surface area contributed by atoms with Crippen LogP contribution in [0.25, 0.3) is 0 Å². The Morgan fingerprint density at radius 2 is 0.714 bits per heavy atom. The van der Waals surface area contributed by atoms with Gasteiger partial charge in [0.25, 0.3) is 0 Å². The quantitative estimate of drug-likeness (QED) is 0.0332. The molecule has 11 nitrogen and oxygen atoms in total. The molecule has 5 aromatic rings. The van der Waals surface area contributed by atoms with E-state index in [1.54, 1.807) is 55.5 Å². The van der Waals surface area contributed by atoms with Crippen molar-refractivity contribution >= 4 is 29.8 Å². The summed E-state index contributed by atoms with van der Waals surface area (Å²) in [6.07, 6.45) is 13.6. The summed E-state index contributed by atoms with van der Waals surface area (Å²) in [5, 5.41) is 0. The molecule has 0 unspecified atom stereocenters. The Bertz CT molecular complexity index is 2240. The average Bonchev–Trinajstić information content (AvgIpc) is 3.30. The molecule has 0 fully saturated rings. The zero-order chi connectivity index (χ0) is 44.8. The lowest BCUT2D eigenvalue weighted by molar-refractivity contribution is 0.0496. The van der Waals surface area contributed by atoms with E-state index in [0.29, 0.717) is 35.7 Å². The number of unbranched alkanes of at least 4 members (excludes halogenated alkanes) is 10. The zero-order valence-corrected chi connectivity index (χ0v) is 36.4. The molecule has 5 aromatic carbocycles. The Morgan fingerprint density at radius 3 is 1.17 bits per heavy atom. The van der Waals surface area contributed by atoms with E-state index >= 15 is 0 Å². The second kappa shape index (κ2) is 25.2. The minimum atomic E-state index is -0.713. The van der Waals surface area contributed by atoms with Crippen LogP contribution in [0, 0.1) is 6.92 Å². The maximum absolute atomic E-state index is 13.1.